The minimum Gasteiger partial charge on any atom is -0.382 e. The molecular formula is C13H28N4OS. The standard InChI is InChI=1S/C13H28N4OS/c1-3-18-10-6-9-15-12(17-14)16-11-13(19-2)7-4-5-8-13/h3-11,14H2,1-2H3,(H2,15,16,17). The molecule has 0 saturated heterocycles. The second-order valence-electron chi connectivity index (χ2n) is 4.88. The van der Waals surface area contributed by atoms with E-state index in [1.165, 1.54) is 25.7 Å². The first kappa shape index (κ1) is 16.6. The Labute approximate surface area is 121 Å². The van der Waals surface area contributed by atoms with Crippen molar-refractivity contribution in [2.75, 3.05) is 32.6 Å². The number of hydrogen-bond acceptors (Lipinski definition) is 4. The second-order valence-corrected chi connectivity index (χ2v) is 6.15. The van der Waals surface area contributed by atoms with E-state index >= 15 is 0 Å². The molecule has 0 spiro atoms. The Morgan fingerprint density at radius 3 is 2.74 bits per heavy atom. The lowest BCUT2D eigenvalue weighted by atomic mass is 10.1. The Morgan fingerprint density at radius 2 is 2.16 bits per heavy atom. The molecular weight excluding hydrogens is 260 g/mol. The van der Waals surface area contributed by atoms with Crippen LogP contribution in [0.25, 0.3) is 0 Å². The average Bonchev–Trinajstić information content (AvgIpc) is 2.91. The number of aliphatic imine (C=N–C) groups is 1. The van der Waals surface area contributed by atoms with Gasteiger partial charge in [0, 0.05) is 24.5 Å². The fourth-order valence-corrected chi connectivity index (χ4v) is 3.24. The third-order valence-electron chi connectivity index (χ3n) is 3.57. The molecule has 0 unspecified atom stereocenters. The molecule has 1 rings (SSSR count). The number of nitrogens with two attached hydrogens (primary N) is 1. The van der Waals surface area contributed by atoms with Gasteiger partial charge in [-0.2, -0.15) is 11.8 Å². The van der Waals surface area contributed by atoms with Gasteiger partial charge in [-0.3, -0.25) is 10.4 Å². The summed E-state index contributed by atoms with van der Waals surface area (Å²) < 4.78 is 5.62. The lowest BCUT2D eigenvalue weighted by Crippen LogP contribution is -2.43. The van der Waals surface area contributed by atoms with Crippen LogP contribution in [-0.4, -0.2) is 43.3 Å². The Balaban J connectivity index is 2.30. The third kappa shape index (κ3) is 6.01. The first-order valence-corrected chi connectivity index (χ1v) is 8.36. The van der Waals surface area contributed by atoms with E-state index in [9.17, 15) is 0 Å². The van der Waals surface area contributed by atoms with Gasteiger partial charge in [0.1, 0.15) is 0 Å². The number of rotatable bonds is 8. The zero-order valence-corrected chi connectivity index (χ0v) is 13.0. The molecule has 0 aromatic rings. The highest BCUT2D eigenvalue weighted by atomic mass is 32.2. The highest BCUT2D eigenvalue weighted by Gasteiger charge is 2.32. The van der Waals surface area contributed by atoms with Crippen molar-refractivity contribution in [3.63, 3.8) is 0 Å². The van der Waals surface area contributed by atoms with Crippen molar-refractivity contribution in [2.24, 2.45) is 10.8 Å². The number of nitrogens with zero attached hydrogens (tertiary/aromatic N) is 1. The van der Waals surface area contributed by atoms with E-state index in [1.54, 1.807) is 0 Å². The van der Waals surface area contributed by atoms with Gasteiger partial charge in [-0.25, -0.2) is 5.84 Å². The van der Waals surface area contributed by atoms with Gasteiger partial charge in [0.2, 0.25) is 5.96 Å². The van der Waals surface area contributed by atoms with Crippen LogP contribution in [0.2, 0.25) is 0 Å². The normalized spacial score (nSPS) is 18.6. The molecule has 5 nitrogen and oxygen atoms in total. The van der Waals surface area contributed by atoms with Crippen LogP contribution in [0.15, 0.2) is 4.99 Å². The number of ether oxygens (including phenoxy) is 1. The largest absolute Gasteiger partial charge is 0.382 e. The van der Waals surface area contributed by atoms with Crippen LogP contribution in [0, 0.1) is 0 Å². The Bertz CT molecular complexity index is 267. The van der Waals surface area contributed by atoms with Gasteiger partial charge in [-0.15, -0.1) is 0 Å². The topological polar surface area (TPSA) is 71.7 Å². The molecule has 1 fully saturated rings. The summed E-state index contributed by atoms with van der Waals surface area (Å²) in [6.45, 7) is 5.22. The Kier molecular flexibility index (Phi) is 8.25. The molecule has 0 aromatic carbocycles. The third-order valence-corrected chi connectivity index (χ3v) is 4.98. The maximum atomic E-state index is 5.50. The van der Waals surface area contributed by atoms with Crippen molar-refractivity contribution < 1.29 is 4.74 Å². The van der Waals surface area contributed by atoms with E-state index in [2.05, 4.69) is 22.0 Å². The summed E-state index contributed by atoms with van der Waals surface area (Å²) in [5, 5.41) is 3.22. The molecule has 0 aromatic heterocycles. The quantitative estimate of drug-likeness (QED) is 0.208. The van der Waals surface area contributed by atoms with Gasteiger partial charge in [0.05, 0.1) is 6.54 Å². The number of nitrogens with one attached hydrogen (secondary N) is 2. The summed E-state index contributed by atoms with van der Waals surface area (Å²) >= 11 is 1.94. The zero-order chi connectivity index (χ0) is 14.0. The lowest BCUT2D eigenvalue weighted by Gasteiger charge is -2.24. The van der Waals surface area contributed by atoms with E-state index in [1.807, 2.05) is 18.7 Å². The SMILES string of the molecule is CCOCCCNC(=NCC1(SC)CCCC1)NN. The van der Waals surface area contributed by atoms with E-state index in [4.69, 9.17) is 10.6 Å². The summed E-state index contributed by atoms with van der Waals surface area (Å²) in [5.74, 6) is 6.19. The number of thioether (sulfide) groups is 1. The van der Waals surface area contributed by atoms with Crippen molar-refractivity contribution in [3.05, 3.63) is 0 Å². The maximum absolute atomic E-state index is 5.50. The summed E-state index contributed by atoms with van der Waals surface area (Å²) in [7, 11) is 0. The Morgan fingerprint density at radius 1 is 1.42 bits per heavy atom. The molecule has 0 amide bonds. The van der Waals surface area contributed by atoms with Crippen LogP contribution in [0.3, 0.4) is 0 Å². The molecule has 1 aliphatic carbocycles. The van der Waals surface area contributed by atoms with E-state index in [0.29, 0.717) is 10.7 Å². The average molecular weight is 288 g/mol. The van der Waals surface area contributed by atoms with Crippen LogP contribution < -0.4 is 16.6 Å². The second kappa shape index (κ2) is 9.44. The number of hydrogen-bond donors (Lipinski definition) is 3. The summed E-state index contributed by atoms with van der Waals surface area (Å²) in [6.07, 6.45) is 8.32. The molecule has 1 saturated carbocycles. The first-order chi connectivity index (χ1) is 9.26. The van der Waals surface area contributed by atoms with Crippen LogP contribution >= 0.6 is 11.8 Å². The van der Waals surface area contributed by atoms with Gasteiger partial charge in [0.25, 0.3) is 0 Å². The smallest absolute Gasteiger partial charge is 0.205 e. The van der Waals surface area contributed by atoms with Crippen LogP contribution in [0.4, 0.5) is 0 Å². The van der Waals surface area contributed by atoms with Crippen molar-refractivity contribution in [1.29, 1.82) is 0 Å². The Hall–Kier alpha value is -0.460. The predicted octanol–water partition coefficient (Wildman–Crippen LogP) is 1.50. The molecule has 0 bridgehead atoms. The monoisotopic (exact) mass is 288 g/mol. The van der Waals surface area contributed by atoms with Gasteiger partial charge >= 0.3 is 0 Å². The lowest BCUT2D eigenvalue weighted by molar-refractivity contribution is 0.145. The van der Waals surface area contributed by atoms with Gasteiger partial charge in [0.15, 0.2) is 0 Å². The van der Waals surface area contributed by atoms with Gasteiger partial charge < -0.3 is 10.1 Å². The highest BCUT2D eigenvalue weighted by Crippen LogP contribution is 2.40. The van der Waals surface area contributed by atoms with Gasteiger partial charge in [-0.05, 0) is 32.4 Å². The van der Waals surface area contributed by atoms with Crippen molar-refractivity contribution in [1.82, 2.24) is 10.7 Å². The summed E-state index contributed by atoms with van der Waals surface area (Å²) in [5.41, 5.74) is 2.65. The number of guanidine groups is 1. The van der Waals surface area contributed by atoms with Crippen LogP contribution in [-0.2, 0) is 4.74 Å². The fraction of sp³-hybridized carbons (Fsp3) is 0.923. The molecule has 0 atom stereocenters. The predicted molar refractivity (Wildman–Crippen MR) is 83.5 cm³/mol. The molecule has 0 heterocycles. The summed E-state index contributed by atoms with van der Waals surface area (Å²) in [4.78, 5) is 4.59. The minimum atomic E-state index is 0.328. The molecule has 0 radical (unpaired) electrons. The van der Waals surface area contributed by atoms with E-state index in [-0.39, 0.29) is 0 Å². The van der Waals surface area contributed by atoms with Crippen molar-refractivity contribution in [3.8, 4) is 0 Å². The van der Waals surface area contributed by atoms with Crippen molar-refractivity contribution in [2.45, 2.75) is 43.8 Å². The molecule has 4 N–H and O–H groups in total. The molecule has 112 valence electrons. The molecule has 0 aliphatic heterocycles. The highest BCUT2D eigenvalue weighted by molar-refractivity contribution is 8.00. The van der Waals surface area contributed by atoms with E-state index in [0.717, 1.165) is 32.7 Å². The molecule has 19 heavy (non-hydrogen) atoms. The molecule has 1 aliphatic rings. The number of hydrazine groups is 1. The summed E-state index contributed by atoms with van der Waals surface area (Å²) in [6, 6.07) is 0. The van der Waals surface area contributed by atoms with Crippen molar-refractivity contribution >= 4 is 17.7 Å². The maximum Gasteiger partial charge on any atom is 0.205 e. The van der Waals surface area contributed by atoms with Crippen LogP contribution in [0.1, 0.15) is 39.0 Å². The van der Waals surface area contributed by atoms with Crippen LogP contribution in [0.5, 0.6) is 0 Å². The molecule has 6 heteroatoms. The zero-order valence-electron chi connectivity index (χ0n) is 12.2. The van der Waals surface area contributed by atoms with E-state index < -0.39 is 0 Å². The minimum absolute atomic E-state index is 0.328. The van der Waals surface area contributed by atoms with Gasteiger partial charge in [-0.1, -0.05) is 12.8 Å². The first-order valence-electron chi connectivity index (χ1n) is 7.14. The fourth-order valence-electron chi connectivity index (χ4n) is 2.35.